The fourth-order valence-corrected chi connectivity index (χ4v) is 2.69. The maximum atomic E-state index is 12.5. The van der Waals surface area contributed by atoms with E-state index in [0.29, 0.717) is 36.8 Å². The highest BCUT2D eigenvalue weighted by molar-refractivity contribution is 6.43. The molecule has 118 valence electrons. The van der Waals surface area contributed by atoms with Crippen LogP contribution < -0.4 is 0 Å². The minimum absolute atomic E-state index is 0.00659. The lowest BCUT2D eigenvalue weighted by atomic mass is 10.1. The minimum atomic E-state index is -0.151. The van der Waals surface area contributed by atoms with Crippen molar-refractivity contribution in [2.75, 3.05) is 26.2 Å². The normalized spacial score (nSPS) is 14.7. The Morgan fingerprint density at radius 2 is 1.64 bits per heavy atom. The molecule has 0 aromatic heterocycles. The number of hydrogen-bond acceptors (Lipinski definition) is 2. The molecule has 1 aliphatic rings. The van der Waals surface area contributed by atoms with E-state index < -0.39 is 0 Å². The van der Waals surface area contributed by atoms with Crippen LogP contribution in [-0.4, -0.2) is 47.8 Å². The number of nitrogens with zero attached hydrogens (tertiary/aromatic N) is 2. The van der Waals surface area contributed by atoms with Gasteiger partial charge >= 0.3 is 0 Å². The van der Waals surface area contributed by atoms with Gasteiger partial charge in [-0.05, 0) is 26.0 Å². The first-order valence-corrected chi connectivity index (χ1v) is 7.83. The SMILES string of the molecule is CC(C)=CC(=O)N1CCN(C(=O)c2cccc(Cl)c2Cl)CC1. The topological polar surface area (TPSA) is 40.6 Å². The molecule has 22 heavy (non-hydrogen) atoms. The van der Waals surface area contributed by atoms with Gasteiger partial charge in [0.2, 0.25) is 5.91 Å². The Balaban J connectivity index is 2.02. The van der Waals surface area contributed by atoms with Crippen molar-refractivity contribution in [2.24, 2.45) is 0 Å². The van der Waals surface area contributed by atoms with Gasteiger partial charge < -0.3 is 9.80 Å². The second-order valence-electron chi connectivity index (χ2n) is 5.44. The van der Waals surface area contributed by atoms with Gasteiger partial charge in [-0.2, -0.15) is 0 Å². The van der Waals surface area contributed by atoms with Crippen LogP contribution in [0.5, 0.6) is 0 Å². The maximum Gasteiger partial charge on any atom is 0.255 e. The first-order valence-electron chi connectivity index (χ1n) is 7.07. The lowest BCUT2D eigenvalue weighted by molar-refractivity contribution is -0.127. The molecular formula is C16H18Cl2N2O2. The lowest BCUT2D eigenvalue weighted by Crippen LogP contribution is -2.50. The average molecular weight is 341 g/mol. The number of hydrogen-bond donors (Lipinski definition) is 0. The number of benzene rings is 1. The predicted molar refractivity (Wildman–Crippen MR) is 88.4 cm³/mol. The van der Waals surface area contributed by atoms with E-state index in [1.807, 2.05) is 13.8 Å². The van der Waals surface area contributed by atoms with Crippen LogP contribution in [0.25, 0.3) is 0 Å². The molecule has 4 nitrogen and oxygen atoms in total. The molecule has 1 aromatic carbocycles. The molecule has 1 aliphatic heterocycles. The Hall–Kier alpha value is -1.52. The van der Waals surface area contributed by atoms with Gasteiger partial charge in [0.15, 0.2) is 0 Å². The summed E-state index contributed by atoms with van der Waals surface area (Å²) in [7, 11) is 0. The highest BCUT2D eigenvalue weighted by atomic mass is 35.5. The molecule has 2 rings (SSSR count). The van der Waals surface area contributed by atoms with E-state index in [-0.39, 0.29) is 16.8 Å². The first-order chi connectivity index (χ1) is 10.4. The number of piperazine rings is 1. The summed E-state index contributed by atoms with van der Waals surface area (Å²) >= 11 is 12.0. The van der Waals surface area contributed by atoms with Crippen LogP contribution in [-0.2, 0) is 4.79 Å². The van der Waals surface area contributed by atoms with Crippen LogP contribution in [0, 0.1) is 0 Å². The zero-order valence-corrected chi connectivity index (χ0v) is 14.1. The molecule has 2 amide bonds. The largest absolute Gasteiger partial charge is 0.336 e. The third-order valence-electron chi connectivity index (χ3n) is 3.47. The van der Waals surface area contributed by atoms with Crippen molar-refractivity contribution in [3.8, 4) is 0 Å². The molecule has 0 saturated carbocycles. The summed E-state index contributed by atoms with van der Waals surface area (Å²) in [5.41, 5.74) is 1.37. The van der Waals surface area contributed by atoms with E-state index >= 15 is 0 Å². The van der Waals surface area contributed by atoms with Crippen LogP contribution in [0.1, 0.15) is 24.2 Å². The van der Waals surface area contributed by atoms with Gasteiger partial charge in [-0.3, -0.25) is 9.59 Å². The van der Waals surface area contributed by atoms with Gasteiger partial charge in [-0.25, -0.2) is 0 Å². The zero-order valence-electron chi connectivity index (χ0n) is 12.6. The summed E-state index contributed by atoms with van der Waals surface area (Å²) in [5.74, 6) is -0.158. The number of rotatable bonds is 2. The van der Waals surface area contributed by atoms with Crippen molar-refractivity contribution in [1.82, 2.24) is 9.80 Å². The number of carbonyl (C=O) groups excluding carboxylic acids is 2. The Labute approximate surface area is 140 Å². The number of halogens is 2. The van der Waals surface area contributed by atoms with E-state index in [2.05, 4.69) is 0 Å². The van der Waals surface area contributed by atoms with Crippen molar-refractivity contribution in [3.05, 3.63) is 45.5 Å². The Morgan fingerprint density at radius 1 is 1.05 bits per heavy atom. The Morgan fingerprint density at radius 3 is 2.23 bits per heavy atom. The van der Waals surface area contributed by atoms with Crippen molar-refractivity contribution >= 4 is 35.0 Å². The monoisotopic (exact) mass is 340 g/mol. The van der Waals surface area contributed by atoms with Crippen molar-refractivity contribution in [3.63, 3.8) is 0 Å². The lowest BCUT2D eigenvalue weighted by Gasteiger charge is -2.34. The van der Waals surface area contributed by atoms with E-state index in [9.17, 15) is 9.59 Å². The van der Waals surface area contributed by atoms with Gasteiger partial charge in [-0.1, -0.05) is 34.8 Å². The first kappa shape index (κ1) is 16.8. The molecule has 0 aliphatic carbocycles. The summed E-state index contributed by atoms with van der Waals surface area (Å²) in [4.78, 5) is 27.9. The highest BCUT2D eigenvalue weighted by Gasteiger charge is 2.25. The van der Waals surface area contributed by atoms with Gasteiger partial charge in [0.05, 0.1) is 15.6 Å². The molecule has 1 saturated heterocycles. The molecular weight excluding hydrogens is 323 g/mol. The Bertz CT molecular complexity index is 617. The second kappa shape index (κ2) is 7.16. The van der Waals surface area contributed by atoms with Crippen LogP contribution in [0.3, 0.4) is 0 Å². The van der Waals surface area contributed by atoms with E-state index in [0.717, 1.165) is 5.57 Å². The molecule has 0 radical (unpaired) electrons. The minimum Gasteiger partial charge on any atom is -0.336 e. The fourth-order valence-electron chi connectivity index (χ4n) is 2.31. The van der Waals surface area contributed by atoms with Crippen LogP contribution in [0.2, 0.25) is 10.0 Å². The molecule has 1 fully saturated rings. The van der Waals surface area contributed by atoms with Gasteiger partial charge in [0.1, 0.15) is 0 Å². The number of allylic oxidation sites excluding steroid dienone is 1. The Kier molecular flexibility index (Phi) is 5.48. The molecule has 0 unspecified atom stereocenters. The average Bonchev–Trinajstić information content (AvgIpc) is 2.49. The third-order valence-corrected chi connectivity index (χ3v) is 4.29. The molecule has 1 heterocycles. The second-order valence-corrected chi connectivity index (χ2v) is 6.23. The van der Waals surface area contributed by atoms with Crippen LogP contribution in [0.4, 0.5) is 0 Å². The third kappa shape index (κ3) is 3.81. The number of amides is 2. The van der Waals surface area contributed by atoms with Crippen molar-refractivity contribution in [2.45, 2.75) is 13.8 Å². The van der Waals surface area contributed by atoms with Crippen LogP contribution >= 0.6 is 23.2 Å². The molecule has 0 bridgehead atoms. The van der Waals surface area contributed by atoms with Crippen molar-refractivity contribution < 1.29 is 9.59 Å². The van der Waals surface area contributed by atoms with E-state index in [1.54, 1.807) is 34.1 Å². The predicted octanol–water partition coefficient (Wildman–Crippen LogP) is 3.24. The van der Waals surface area contributed by atoms with Gasteiger partial charge in [0.25, 0.3) is 5.91 Å². The van der Waals surface area contributed by atoms with Gasteiger partial charge in [-0.15, -0.1) is 0 Å². The quantitative estimate of drug-likeness (QED) is 0.775. The van der Waals surface area contributed by atoms with E-state index in [4.69, 9.17) is 23.2 Å². The summed E-state index contributed by atoms with van der Waals surface area (Å²) in [6.45, 7) is 5.80. The molecule has 0 spiro atoms. The standard InChI is InChI=1S/C16H18Cl2N2O2/c1-11(2)10-14(21)19-6-8-20(9-7-19)16(22)12-4-3-5-13(17)15(12)18/h3-5,10H,6-9H2,1-2H3. The fraction of sp³-hybridized carbons (Fsp3) is 0.375. The van der Waals surface area contributed by atoms with Crippen molar-refractivity contribution in [1.29, 1.82) is 0 Å². The molecule has 1 aromatic rings. The highest BCUT2D eigenvalue weighted by Crippen LogP contribution is 2.26. The molecule has 0 atom stereocenters. The smallest absolute Gasteiger partial charge is 0.255 e. The van der Waals surface area contributed by atoms with Gasteiger partial charge in [0, 0.05) is 32.3 Å². The molecule has 6 heteroatoms. The maximum absolute atomic E-state index is 12.5. The van der Waals surface area contributed by atoms with E-state index in [1.165, 1.54) is 0 Å². The number of carbonyl (C=O) groups is 2. The summed E-state index contributed by atoms with van der Waals surface area (Å²) in [6.07, 6.45) is 1.62. The zero-order chi connectivity index (χ0) is 16.3. The molecule has 0 N–H and O–H groups in total. The summed E-state index contributed by atoms with van der Waals surface area (Å²) < 4.78 is 0. The summed E-state index contributed by atoms with van der Waals surface area (Å²) in [6, 6.07) is 5.02. The van der Waals surface area contributed by atoms with Crippen LogP contribution in [0.15, 0.2) is 29.8 Å². The summed E-state index contributed by atoms with van der Waals surface area (Å²) in [5, 5.41) is 0.641.